The van der Waals surface area contributed by atoms with E-state index in [4.69, 9.17) is 0 Å². The quantitative estimate of drug-likeness (QED) is 0.788. The van der Waals surface area contributed by atoms with Crippen molar-refractivity contribution in [1.82, 2.24) is 0 Å². The number of carbonyl (C=O) groups excluding carboxylic acids is 1. The van der Waals surface area contributed by atoms with Crippen LogP contribution in [0.1, 0.15) is 37.7 Å². The Labute approximate surface area is 128 Å². The highest BCUT2D eigenvalue weighted by Gasteiger charge is 2.40. The summed E-state index contributed by atoms with van der Waals surface area (Å²) in [5, 5.41) is 3.08. The van der Waals surface area contributed by atoms with Gasteiger partial charge in [0.2, 0.25) is 5.91 Å². The maximum Gasteiger partial charge on any atom is 0.224 e. The lowest BCUT2D eigenvalue weighted by atomic mass is 9.86. The maximum atomic E-state index is 12.2. The first kappa shape index (κ1) is 13.4. The van der Waals surface area contributed by atoms with Crippen molar-refractivity contribution >= 4 is 34.2 Å². The Hall–Kier alpha value is -0.580. The first-order valence-electron chi connectivity index (χ1n) is 7.18. The smallest absolute Gasteiger partial charge is 0.224 e. The molecule has 0 spiro atoms. The molecule has 2 aliphatic carbocycles. The summed E-state index contributed by atoms with van der Waals surface area (Å²) in [5.41, 5.74) is 2.11. The van der Waals surface area contributed by atoms with Crippen LogP contribution in [0.25, 0.3) is 0 Å². The molecule has 1 aromatic carbocycles. The third kappa shape index (κ3) is 2.96. The zero-order valence-corrected chi connectivity index (χ0v) is 13.4. The summed E-state index contributed by atoms with van der Waals surface area (Å²) in [7, 11) is 0. The van der Waals surface area contributed by atoms with Gasteiger partial charge in [-0.1, -0.05) is 6.42 Å². The Morgan fingerprint density at radius 2 is 2.21 bits per heavy atom. The van der Waals surface area contributed by atoms with Gasteiger partial charge in [0.25, 0.3) is 0 Å². The molecule has 3 heteroatoms. The Morgan fingerprint density at radius 3 is 2.84 bits per heavy atom. The molecule has 19 heavy (non-hydrogen) atoms. The molecule has 0 radical (unpaired) electrons. The number of anilines is 1. The summed E-state index contributed by atoms with van der Waals surface area (Å²) in [6.45, 7) is 2.05. The molecular weight excluding hydrogens is 349 g/mol. The van der Waals surface area contributed by atoms with E-state index in [0.29, 0.717) is 12.3 Å². The molecule has 1 amide bonds. The molecule has 2 aliphatic rings. The number of hydrogen-bond donors (Lipinski definition) is 1. The molecule has 2 bridgehead atoms. The number of carbonyl (C=O) groups is 1. The Kier molecular flexibility index (Phi) is 3.83. The second kappa shape index (κ2) is 5.43. The molecule has 1 aromatic rings. The minimum atomic E-state index is 0.196. The highest BCUT2D eigenvalue weighted by Crippen LogP contribution is 2.49. The van der Waals surface area contributed by atoms with Crippen LogP contribution >= 0.6 is 22.6 Å². The average Bonchev–Trinajstić information content (AvgIpc) is 2.95. The van der Waals surface area contributed by atoms with Crippen LogP contribution in [0.15, 0.2) is 18.2 Å². The van der Waals surface area contributed by atoms with E-state index in [1.807, 2.05) is 12.1 Å². The molecule has 0 unspecified atom stereocenters. The van der Waals surface area contributed by atoms with Crippen LogP contribution in [0.3, 0.4) is 0 Å². The highest BCUT2D eigenvalue weighted by atomic mass is 127. The second-order valence-corrected chi connectivity index (χ2v) is 7.39. The Bertz CT molecular complexity index is 500. The van der Waals surface area contributed by atoms with Crippen LogP contribution in [-0.2, 0) is 4.79 Å². The number of halogens is 1. The highest BCUT2D eigenvalue weighted by molar-refractivity contribution is 14.1. The van der Waals surface area contributed by atoms with E-state index < -0.39 is 0 Å². The number of nitrogens with one attached hydrogen (secondary N) is 1. The first-order valence-corrected chi connectivity index (χ1v) is 8.25. The molecular formula is C16H20INO. The van der Waals surface area contributed by atoms with Crippen LogP contribution < -0.4 is 5.32 Å². The van der Waals surface area contributed by atoms with Gasteiger partial charge in [-0.3, -0.25) is 4.79 Å². The van der Waals surface area contributed by atoms with Gasteiger partial charge in [0.1, 0.15) is 0 Å². The number of fused-ring (bicyclic) bond motifs is 2. The number of hydrogen-bond acceptors (Lipinski definition) is 1. The van der Waals surface area contributed by atoms with Crippen molar-refractivity contribution in [2.45, 2.75) is 39.0 Å². The molecule has 102 valence electrons. The standard InChI is InChI=1S/C16H20INO/c1-10-6-14(17)4-5-15(10)18-16(19)9-13-8-11-2-3-12(13)7-11/h4-6,11-13H,2-3,7-9H2,1H3,(H,18,19)/t11-,12-,13-/m0/s1. The first-order chi connectivity index (χ1) is 9.11. The fourth-order valence-corrected chi connectivity index (χ4v) is 4.48. The van der Waals surface area contributed by atoms with Crippen LogP contribution in [0, 0.1) is 28.2 Å². The predicted octanol–water partition coefficient (Wildman–Crippen LogP) is 4.36. The normalized spacial score (nSPS) is 28.6. The maximum absolute atomic E-state index is 12.2. The molecule has 2 nitrogen and oxygen atoms in total. The van der Waals surface area contributed by atoms with Crippen molar-refractivity contribution in [1.29, 1.82) is 0 Å². The summed E-state index contributed by atoms with van der Waals surface area (Å²) in [6.07, 6.45) is 6.13. The zero-order chi connectivity index (χ0) is 13.4. The van der Waals surface area contributed by atoms with E-state index >= 15 is 0 Å². The van der Waals surface area contributed by atoms with E-state index in [1.54, 1.807) is 0 Å². The number of rotatable bonds is 3. The summed E-state index contributed by atoms with van der Waals surface area (Å²) >= 11 is 2.30. The minimum Gasteiger partial charge on any atom is -0.326 e. The van der Waals surface area contributed by atoms with Crippen molar-refractivity contribution in [2.75, 3.05) is 5.32 Å². The zero-order valence-electron chi connectivity index (χ0n) is 11.3. The van der Waals surface area contributed by atoms with Gasteiger partial charge in [-0.15, -0.1) is 0 Å². The fourth-order valence-electron chi connectivity index (χ4n) is 3.83. The lowest BCUT2D eigenvalue weighted by molar-refractivity contribution is -0.117. The topological polar surface area (TPSA) is 29.1 Å². The van der Waals surface area contributed by atoms with Crippen LogP contribution in [0.4, 0.5) is 5.69 Å². The number of amides is 1. The summed E-state index contributed by atoms with van der Waals surface area (Å²) in [4.78, 5) is 12.2. The average molecular weight is 369 g/mol. The Morgan fingerprint density at radius 1 is 1.37 bits per heavy atom. The molecule has 2 saturated carbocycles. The van der Waals surface area contributed by atoms with Crippen molar-refractivity contribution in [3.05, 3.63) is 27.3 Å². The van der Waals surface area contributed by atoms with Crippen molar-refractivity contribution in [3.63, 3.8) is 0 Å². The van der Waals surface area contributed by atoms with Gasteiger partial charge in [-0.2, -0.15) is 0 Å². The third-order valence-electron chi connectivity index (χ3n) is 4.79. The van der Waals surface area contributed by atoms with Gasteiger partial charge in [-0.25, -0.2) is 0 Å². The van der Waals surface area contributed by atoms with E-state index in [2.05, 4.69) is 40.9 Å². The summed E-state index contributed by atoms with van der Waals surface area (Å²) < 4.78 is 1.21. The van der Waals surface area contributed by atoms with Gasteiger partial charge in [-0.05, 0) is 90.3 Å². The van der Waals surface area contributed by atoms with Gasteiger partial charge in [0.15, 0.2) is 0 Å². The van der Waals surface area contributed by atoms with E-state index in [-0.39, 0.29) is 5.91 Å². The Balaban J connectivity index is 1.59. The fraction of sp³-hybridized carbons (Fsp3) is 0.562. The van der Waals surface area contributed by atoms with Crippen molar-refractivity contribution in [3.8, 4) is 0 Å². The molecule has 0 heterocycles. The summed E-state index contributed by atoms with van der Waals surface area (Å²) in [6, 6.07) is 6.16. The van der Waals surface area contributed by atoms with Gasteiger partial charge in [0, 0.05) is 15.7 Å². The van der Waals surface area contributed by atoms with Crippen molar-refractivity contribution in [2.24, 2.45) is 17.8 Å². The monoisotopic (exact) mass is 369 g/mol. The van der Waals surface area contributed by atoms with Crippen LogP contribution in [-0.4, -0.2) is 5.91 Å². The van der Waals surface area contributed by atoms with E-state index in [0.717, 1.165) is 23.1 Å². The third-order valence-corrected chi connectivity index (χ3v) is 5.47. The molecule has 3 rings (SSSR count). The van der Waals surface area contributed by atoms with Crippen LogP contribution in [0.5, 0.6) is 0 Å². The van der Waals surface area contributed by atoms with E-state index in [1.165, 1.54) is 29.3 Å². The molecule has 2 fully saturated rings. The van der Waals surface area contributed by atoms with Gasteiger partial charge < -0.3 is 5.32 Å². The molecule has 1 N–H and O–H groups in total. The molecule has 0 aromatic heterocycles. The second-order valence-electron chi connectivity index (χ2n) is 6.15. The lowest BCUT2D eigenvalue weighted by Gasteiger charge is -2.21. The van der Waals surface area contributed by atoms with E-state index in [9.17, 15) is 4.79 Å². The van der Waals surface area contributed by atoms with Gasteiger partial charge in [0.05, 0.1) is 0 Å². The molecule has 0 aliphatic heterocycles. The predicted molar refractivity (Wildman–Crippen MR) is 86.1 cm³/mol. The molecule has 0 saturated heterocycles. The van der Waals surface area contributed by atoms with Gasteiger partial charge >= 0.3 is 0 Å². The minimum absolute atomic E-state index is 0.196. The SMILES string of the molecule is Cc1cc(I)ccc1NC(=O)C[C@@H]1C[C@H]2CC[C@H]1C2. The largest absolute Gasteiger partial charge is 0.326 e. The van der Waals surface area contributed by atoms with Crippen LogP contribution in [0.2, 0.25) is 0 Å². The number of benzene rings is 1. The number of aryl methyl sites for hydroxylation is 1. The molecule has 3 atom stereocenters. The van der Waals surface area contributed by atoms with Crippen molar-refractivity contribution < 1.29 is 4.79 Å². The summed E-state index contributed by atoms with van der Waals surface area (Å²) in [5.74, 6) is 2.58. The lowest BCUT2D eigenvalue weighted by Crippen LogP contribution is -2.20.